The van der Waals surface area contributed by atoms with Gasteiger partial charge in [-0.1, -0.05) is 48.5 Å². The van der Waals surface area contributed by atoms with E-state index in [4.69, 9.17) is 4.74 Å². The number of ether oxygens (including phenoxy) is 1. The van der Waals surface area contributed by atoms with Crippen LogP contribution in [-0.2, 0) is 10.9 Å². The molecular formula is C18H20F3NO. The van der Waals surface area contributed by atoms with Gasteiger partial charge in [-0.05, 0) is 31.3 Å². The third-order valence-corrected chi connectivity index (χ3v) is 3.47. The normalized spacial score (nSPS) is 13.3. The first-order valence-corrected chi connectivity index (χ1v) is 7.37. The summed E-state index contributed by atoms with van der Waals surface area (Å²) in [5.41, 5.74) is 0.201. The van der Waals surface area contributed by atoms with Crippen LogP contribution in [0.25, 0.3) is 0 Å². The summed E-state index contributed by atoms with van der Waals surface area (Å²) in [6.07, 6.45) is -5.15. The van der Waals surface area contributed by atoms with Crippen molar-refractivity contribution in [3.8, 4) is 0 Å². The van der Waals surface area contributed by atoms with Crippen LogP contribution in [0.2, 0.25) is 0 Å². The zero-order valence-corrected chi connectivity index (χ0v) is 13.2. The van der Waals surface area contributed by atoms with Gasteiger partial charge in [0.2, 0.25) is 0 Å². The fourth-order valence-corrected chi connectivity index (χ4v) is 2.33. The number of hydrogen-bond donors (Lipinski definition) is 0. The van der Waals surface area contributed by atoms with Crippen LogP contribution in [0.15, 0.2) is 54.6 Å². The van der Waals surface area contributed by atoms with Crippen LogP contribution >= 0.6 is 0 Å². The molecule has 0 fully saturated rings. The molecule has 0 N–H and O–H groups in total. The van der Waals surface area contributed by atoms with Crippen molar-refractivity contribution in [2.75, 3.05) is 27.2 Å². The highest BCUT2D eigenvalue weighted by Crippen LogP contribution is 2.37. The van der Waals surface area contributed by atoms with Gasteiger partial charge in [-0.15, -0.1) is 0 Å². The van der Waals surface area contributed by atoms with Gasteiger partial charge in [-0.3, -0.25) is 0 Å². The third kappa shape index (κ3) is 4.81. The maximum absolute atomic E-state index is 13.3. The van der Waals surface area contributed by atoms with E-state index in [0.29, 0.717) is 18.7 Å². The summed E-state index contributed by atoms with van der Waals surface area (Å²) >= 11 is 0. The van der Waals surface area contributed by atoms with Gasteiger partial charge in [0, 0.05) is 6.54 Å². The Morgan fingerprint density at radius 1 is 0.957 bits per heavy atom. The third-order valence-electron chi connectivity index (χ3n) is 3.47. The minimum atomic E-state index is -4.41. The molecule has 0 saturated carbocycles. The number of alkyl halides is 3. The molecule has 0 aliphatic rings. The molecule has 1 unspecified atom stereocenters. The molecular weight excluding hydrogens is 303 g/mol. The van der Waals surface area contributed by atoms with E-state index in [9.17, 15) is 13.2 Å². The predicted molar refractivity (Wildman–Crippen MR) is 84.2 cm³/mol. The summed E-state index contributed by atoms with van der Waals surface area (Å²) in [6.45, 7) is 0.982. The lowest BCUT2D eigenvalue weighted by Gasteiger charge is -2.23. The molecule has 2 aromatic carbocycles. The number of likely N-dealkylation sites (N-methyl/N-ethyl adjacent to an activating group) is 1. The van der Waals surface area contributed by atoms with E-state index in [1.54, 1.807) is 30.3 Å². The number of halogens is 3. The molecule has 23 heavy (non-hydrogen) atoms. The number of benzene rings is 2. The maximum atomic E-state index is 13.3. The van der Waals surface area contributed by atoms with E-state index in [2.05, 4.69) is 0 Å². The van der Waals surface area contributed by atoms with E-state index in [0.717, 1.165) is 6.07 Å². The summed E-state index contributed by atoms with van der Waals surface area (Å²) in [6, 6.07) is 14.6. The molecule has 0 aromatic heterocycles. The molecule has 0 bridgehead atoms. The van der Waals surface area contributed by atoms with Crippen molar-refractivity contribution in [2.45, 2.75) is 12.3 Å². The molecule has 0 amide bonds. The molecule has 0 spiro atoms. The average Bonchev–Trinajstić information content (AvgIpc) is 2.51. The predicted octanol–water partition coefficient (Wildman–Crippen LogP) is 4.37. The average molecular weight is 323 g/mol. The Morgan fingerprint density at radius 3 is 2.17 bits per heavy atom. The molecule has 2 nitrogen and oxygen atoms in total. The molecule has 0 radical (unpaired) electrons. The summed E-state index contributed by atoms with van der Waals surface area (Å²) in [4.78, 5) is 1.93. The number of nitrogens with zero attached hydrogens (tertiary/aromatic N) is 1. The Labute approximate surface area is 134 Å². The molecule has 1 atom stereocenters. The molecule has 2 aromatic rings. The molecule has 0 aliphatic heterocycles. The molecule has 0 heterocycles. The minimum Gasteiger partial charge on any atom is -0.367 e. The van der Waals surface area contributed by atoms with Gasteiger partial charge in [0.1, 0.15) is 6.10 Å². The zero-order valence-electron chi connectivity index (χ0n) is 13.2. The van der Waals surface area contributed by atoms with Crippen LogP contribution in [0.4, 0.5) is 13.2 Å². The van der Waals surface area contributed by atoms with Crippen molar-refractivity contribution in [1.82, 2.24) is 4.90 Å². The molecule has 0 saturated heterocycles. The van der Waals surface area contributed by atoms with Crippen LogP contribution in [-0.4, -0.2) is 32.1 Å². The highest BCUT2D eigenvalue weighted by molar-refractivity contribution is 5.37. The minimum absolute atomic E-state index is 0.143. The van der Waals surface area contributed by atoms with Gasteiger partial charge in [-0.25, -0.2) is 0 Å². The van der Waals surface area contributed by atoms with Gasteiger partial charge in [0.15, 0.2) is 0 Å². The van der Waals surface area contributed by atoms with Crippen molar-refractivity contribution in [3.05, 3.63) is 71.3 Å². The lowest BCUT2D eigenvalue weighted by molar-refractivity contribution is -0.139. The van der Waals surface area contributed by atoms with Crippen molar-refractivity contribution in [1.29, 1.82) is 0 Å². The van der Waals surface area contributed by atoms with Crippen molar-refractivity contribution in [3.63, 3.8) is 0 Å². The summed E-state index contributed by atoms with van der Waals surface area (Å²) in [5, 5.41) is 0. The quantitative estimate of drug-likeness (QED) is 0.782. The smallest absolute Gasteiger partial charge is 0.367 e. The van der Waals surface area contributed by atoms with Gasteiger partial charge >= 0.3 is 6.18 Å². The first kappa shape index (κ1) is 17.5. The second-order valence-electron chi connectivity index (χ2n) is 5.55. The van der Waals surface area contributed by atoms with Crippen molar-refractivity contribution >= 4 is 0 Å². The van der Waals surface area contributed by atoms with Crippen LogP contribution in [0, 0.1) is 0 Å². The van der Waals surface area contributed by atoms with Crippen LogP contribution in [0.5, 0.6) is 0 Å². The molecule has 5 heteroatoms. The Morgan fingerprint density at radius 2 is 1.57 bits per heavy atom. The van der Waals surface area contributed by atoms with E-state index >= 15 is 0 Å². The first-order chi connectivity index (χ1) is 10.9. The van der Waals surface area contributed by atoms with Crippen LogP contribution in [0.3, 0.4) is 0 Å². The molecule has 2 rings (SSSR count). The second-order valence-corrected chi connectivity index (χ2v) is 5.55. The fourth-order valence-electron chi connectivity index (χ4n) is 2.33. The molecule has 124 valence electrons. The highest BCUT2D eigenvalue weighted by atomic mass is 19.4. The van der Waals surface area contributed by atoms with E-state index in [-0.39, 0.29) is 5.56 Å². The SMILES string of the molecule is CN(C)CCOC(c1ccccc1)c1ccccc1C(F)(F)F. The zero-order chi connectivity index (χ0) is 16.9. The number of rotatable bonds is 6. The van der Waals surface area contributed by atoms with E-state index in [1.807, 2.05) is 25.1 Å². The first-order valence-electron chi connectivity index (χ1n) is 7.37. The van der Waals surface area contributed by atoms with Crippen LogP contribution in [0.1, 0.15) is 22.8 Å². The summed E-state index contributed by atoms with van der Waals surface area (Å²) < 4.78 is 45.8. The van der Waals surface area contributed by atoms with Gasteiger partial charge in [0.05, 0.1) is 12.2 Å². The lowest BCUT2D eigenvalue weighted by atomic mass is 9.96. The van der Waals surface area contributed by atoms with E-state index in [1.165, 1.54) is 12.1 Å². The van der Waals surface area contributed by atoms with Gasteiger partial charge in [0.25, 0.3) is 0 Å². The largest absolute Gasteiger partial charge is 0.416 e. The summed E-state index contributed by atoms with van der Waals surface area (Å²) in [5.74, 6) is 0. The molecule has 0 aliphatic carbocycles. The Bertz CT molecular complexity index is 611. The Balaban J connectivity index is 2.38. The second kappa shape index (κ2) is 7.62. The topological polar surface area (TPSA) is 12.5 Å². The lowest BCUT2D eigenvalue weighted by Crippen LogP contribution is -2.21. The Hall–Kier alpha value is -1.85. The fraction of sp³-hybridized carbons (Fsp3) is 0.333. The van der Waals surface area contributed by atoms with Crippen molar-refractivity contribution < 1.29 is 17.9 Å². The maximum Gasteiger partial charge on any atom is 0.416 e. The van der Waals surface area contributed by atoms with Crippen LogP contribution < -0.4 is 0 Å². The Kier molecular flexibility index (Phi) is 5.80. The van der Waals surface area contributed by atoms with Gasteiger partial charge in [-0.2, -0.15) is 13.2 Å². The monoisotopic (exact) mass is 323 g/mol. The highest BCUT2D eigenvalue weighted by Gasteiger charge is 2.35. The van der Waals surface area contributed by atoms with E-state index < -0.39 is 17.8 Å². The van der Waals surface area contributed by atoms with Gasteiger partial charge < -0.3 is 9.64 Å². The van der Waals surface area contributed by atoms with Crippen molar-refractivity contribution in [2.24, 2.45) is 0 Å². The standard InChI is InChI=1S/C18H20F3NO/c1-22(2)12-13-23-17(14-8-4-3-5-9-14)15-10-6-7-11-16(15)18(19,20)21/h3-11,17H,12-13H2,1-2H3. The number of hydrogen-bond acceptors (Lipinski definition) is 2. The summed E-state index contributed by atoms with van der Waals surface area (Å²) in [7, 11) is 3.79.